The zero-order valence-corrected chi connectivity index (χ0v) is 9.37. The Labute approximate surface area is 91.4 Å². The van der Waals surface area contributed by atoms with E-state index in [0.29, 0.717) is 0 Å². The van der Waals surface area contributed by atoms with Crippen molar-refractivity contribution in [2.24, 2.45) is 5.92 Å². The molecule has 0 aromatic rings. The molecule has 0 aromatic carbocycles. The highest BCUT2D eigenvalue weighted by atomic mass is 16.5. The van der Waals surface area contributed by atoms with Gasteiger partial charge in [0.05, 0.1) is 6.07 Å². The summed E-state index contributed by atoms with van der Waals surface area (Å²) in [5.74, 6) is 0.456. The van der Waals surface area contributed by atoms with E-state index in [1.165, 1.54) is 25.7 Å². The Kier molecular flexibility index (Phi) is 5.17. The molecule has 0 N–H and O–H groups in total. The number of nitriles is 1. The lowest BCUT2D eigenvalue weighted by molar-refractivity contribution is -0.149. The van der Waals surface area contributed by atoms with E-state index in [1.54, 1.807) is 0 Å². The third-order valence-corrected chi connectivity index (χ3v) is 3.01. The Morgan fingerprint density at radius 1 is 1.40 bits per heavy atom. The molecule has 1 saturated carbocycles. The van der Waals surface area contributed by atoms with E-state index in [-0.39, 0.29) is 18.5 Å². The number of carbonyl (C=O) groups is 1. The Balaban J connectivity index is 2.20. The van der Waals surface area contributed by atoms with Gasteiger partial charge < -0.3 is 4.74 Å². The normalized spacial score (nSPS) is 25.6. The summed E-state index contributed by atoms with van der Waals surface area (Å²) >= 11 is 0. The third-order valence-electron chi connectivity index (χ3n) is 3.01. The number of hydrogen-bond donors (Lipinski definition) is 0. The van der Waals surface area contributed by atoms with Gasteiger partial charge in [0.1, 0.15) is 12.5 Å². The van der Waals surface area contributed by atoms with Crippen LogP contribution in [-0.2, 0) is 9.53 Å². The van der Waals surface area contributed by atoms with Gasteiger partial charge >= 0.3 is 5.97 Å². The van der Waals surface area contributed by atoms with Crippen LogP contribution in [0, 0.1) is 17.2 Å². The maximum absolute atomic E-state index is 11.1. The van der Waals surface area contributed by atoms with Crippen LogP contribution in [0.2, 0.25) is 0 Å². The van der Waals surface area contributed by atoms with E-state index >= 15 is 0 Å². The summed E-state index contributed by atoms with van der Waals surface area (Å²) in [5, 5.41) is 8.33. The van der Waals surface area contributed by atoms with Gasteiger partial charge in [-0.25, -0.2) is 0 Å². The van der Waals surface area contributed by atoms with Crippen LogP contribution in [0.5, 0.6) is 0 Å². The molecular weight excluding hydrogens is 190 g/mol. The number of ether oxygens (including phenoxy) is 1. The van der Waals surface area contributed by atoms with Gasteiger partial charge in [0, 0.05) is 0 Å². The summed E-state index contributed by atoms with van der Waals surface area (Å²) in [5.41, 5.74) is 0. The van der Waals surface area contributed by atoms with E-state index in [4.69, 9.17) is 10.00 Å². The number of hydrogen-bond acceptors (Lipinski definition) is 3. The molecule has 1 fully saturated rings. The SMILES string of the molecule is CCCC1CCC(OC(=O)CC#N)CC1. The van der Waals surface area contributed by atoms with Crippen LogP contribution >= 0.6 is 0 Å². The number of esters is 1. The molecule has 3 heteroatoms. The zero-order chi connectivity index (χ0) is 11.1. The van der Waals surface area contributed by atoms with Crippen LogP contribution in [0.4, 0.5) is 0 Å². The summed E-state index contributed by atoms with van der Waals surface area (Å²) in [4.78, 5) is 11.1. The Morgan fingerprint density at radius 2 is 2.07 bits per heavy atom. The van der Waals surface area contributed by atoms with Crippen molar-refractivity contribution in [3.05, 3.63) is 0 Å². The summed E-state index contributed by atoms with van der Waals surface area (Å²) in [7, 11) is 0. The van der Waals surface area contributed by atoms with E-state index in [0.717, 1.165) is 18.8 Å². The standard InChI is InChI=1S/C12H19NO2/c1-2-3-10-4-6-11(7-5-10)15-12(14)8-9-13/h10-11H,2-8H2,1H3. The van der Waals surface area contributed by atoms with Crippen LogP contribution < -0.4 is 0 Å². The summed E-state index contributed by atoms with van der Waals surface area (Å²) < 4.78 is 5.20. The quantitative estimate of drug-likeness (QED) is 0.669. The Hall–Kier alpha value is -1.04. The van der Waals surface area contributed by atoms with Crippen molar-refractivity contribution < 1.29 is 9.53 Å². The molecule has 3 nitrogen and oxygen atoms in total. The molecule has 0 bridgehead atoms. The van der Waals surface area contributed by atoms with Crippen LogP contribution in [0.1, 0.15) is 51.9 Å². The molecule has 0 amide bonds. The maximum atomic E-state index is 11.1. The lowest BCUT2D eigenvalue weighted by Crippen LogP contribution is -2.24. The summed E-state index contributed by atoms with van der Waals surface area (Å²) in [6, 6.07) is 1.81. The summed E-state index contributed by atoms with van der Waals surface area (Å²) in [6.45, 7) is 2.21. The van der Waals surface area contributed by atoms with Crippen LogP contribution in [0.3, 0.4) is 0 Å². The zero-order valence-electron chi connectivity index (χ0n) is 9.37. The first-order valence-electron chi connectivity index (χ1n) is 5.82. The molecule has 0 spiro atoms. The highest BCUT2D eigenvalue weighted by Gasteiger charge is 2.22. The fraction of sp³-hybridized carbons (Fsp3) is 0.833. The number of carbonyl (C=O) groups excluding carboxylic acids is 1. The predicted molar refractivity (Wildman–Crippen MR) is 57.0 cm³/mol. The van der Waals surface area contributed by atoms with Crippen molar-refractivity contribution in [2.45, 2.75) is 58.0 Å². The molecule has 0 aliphatic heterocycles. The fourth-order valence-electron chi connectivity index (χ4n) is 2.24. The first-order valence-corrected chi connectivity index (χ1v) is 5.82. The van der Waals surface area contributed by atoms with Crippen LogP contribution in [-0.4, -0.2) is 12.1 Å². The van der Waals surface area contributed by atoms with Gasteiger partial charge in [-0.15, -0.1) is 0 Å². The van der Waals surface area contributed by atoms with Gasteiger partial charge in [-0.3, -0.25) is 4.79 Å². The molecule has 0 aromatic heterocycles. The Bertz CT molecular complexity index is 236. The third kappa shape index (κ3) is 4.33. The van der Waals surface area contributed by atoms with Crippen molar-refractivity contribution in [3.8, 4) is 6.07 Å². The van der Waals surface area contributed by atoms with Gasteiger partial charge in [-0.1, -0.05) is 19.8 Å². The maximum Gasteiger partial charge on any atom is 0.320 e. The second-order valence-electron chi connectivity index (χ2n) is 4.26. The van der Waals surface area contributed by atoms with Crippen molar-refractivity contribution >= 4 is 5.97 Å². The molecule has 0 saturated heterocycles. The molecule has 1 aliphatic rings. The van der Waals surface area contributed by atoms with Gasteiger partial charge in [0.15, 0.2) is 0 Å². The van der Waals surface area contributed by atoms with E-state index in [2.05, 4.69) is 6.92 Å². The highest BCUT2D eigenvalue weighted by molar-refractivity contribution is 5.71. The topological polar surface area (TPSA) is 50.1 Å². The first kappa shape index (κ1) is 12.0. The molecule has 1 aliphatic carbocycles. The molecule has 84 valence electrons. The summed E-state index contributed by atoms with van der Waals surface area (Å²) in [6.07, 6.45) is 6.76. The largest absolute Gasteiger partial charge is 0.462 e. The van der Waals surface area contributed by atoms with Crippen molar-refractivity contribution in [2.75, 3.05) is 0 Å². The lowest BCUT2D eigenvalue weighted by Gasteiger charge is -2.27. The minimum atomic E-state index is -0.364. The molecule has 0 radical (unpaired) electrons. The minimum Gasteiger partial charge on any atom is -0.462 e. The highest BCUT2D eigenvalue weighted by Crippen LogP contribution is 2.29. The van der Waals surface area contributed by atoms with Gasteiger partial charge in [0.2, 0.25) is 0 Å². The van der Waals surface area contributed by atoms with E-state index in [1.807, 2.05) is 6.07 Å². The van der Waals surface area contributed by atoms with E-state index < -0.39 is 0 Å². The fourth-order valence-corrected chi connectivity index (χ4v) is 2.24. The second-order valence-corrected chi connectivity index (χ2v) is 4.26. The molecule has 1 rings (SSSR count). The van der Waals surface area contributed by atoms with Crippen LogP contribution in [0.15, 0.2) is 0 Å². The van der Waals surface area contributed by atoms with Crippen LogP contribution in [0.25, 0.3) is 0 Å². The van der Waals surface area contributed by atoms with Gasteiger partial charge in [-0.05, 0) is 31.6 Å². The van der Waals surface area contributed by atoms with Crippen molar-refractivity contribution in [3.63, 3.8) is 0 Å². The molecule has 0 atom stereocenters. The first-order chi connectivity index (χ1) is 7.26. The smallest absolute Gasteiger partial charge is 0.320 e. The molecule has 15 heavy (non-hydrogen) atoms. The minimum absolute atomic E-state index is 0.0685. The molecule has 0 heterocycles. The average Bonchev–Trinajstić information content (AvgIpc) is 2.22. The average molecular weight is 209 g/mol. The van der Waals surface area contributed by atoms with Crippen molar-refractivity contribution in [1.82, 2.24) is 0 Å². The van der Waals surface area contributed by atoms with Gasteiger partial charge in [-0.2, -0.15) is 5.26 Å². The monoisotopic (exact) mass is 209 g/mol. The molecule has 0 unspecified atom stereocenters. The lowest BCUT2D eigenvalue weighted by atomic mass is 9.85. The van der Waals surface area contributed by atoms with Crippen molar-refractivity contribution in [1.29, 1.82) is 5.26 Å². The van der Waals surface area contributed by atoms with Gasteiger partial charge in [0.25, 0.3) is 0 Å². The number of rotatable bonds is 4. The van der Waals surface area contributed by atoms with E-state index in [9.17, 15) is 4.79 Å². The molecular formula is C12H19NO2. The Morgan fingerprint density at radius 3 is 2.60 bits per heavy atom. The predicted octanol–water partition coefficient (Wildman–Crippen LogP) is 2.80. The second kappa shape index (κ2) is 6.44. The number of nitrogens with zero attached hydrogens (tertiary/aromatic N) is 1.